The molecule has 0 bridgehead atoms. The van der Waals surface area contributed by atoms with Gasteiger partial charge in [0.1, 0.15) is 10.3 Å². The molecule has 1 fully saturated rings. The van der Waals surface area contributed by atoms with Gasteiger partial charge in [-0.3, -0.25) is 4.79 Å². The topological polar surface area (TPSA) is 129 Å². The number of aromatic nitrogens is 3. The van der Waals surface area contributed by atoms with Crippen molar-refractivity contribution < 1.29 is 18.3 Å². The summed E-state index contributed by atoms with van der Waals surface area (Å²) in [4.78, 5) is 19.6. The van der Waals surface area contributed by atoms with E-state index >= 15 is 0 Å². The molecule has 1 saturated heterocycles. The van der Waals surface area contributed by atoms with E-state index in [2.05, 4.69) is 27.3 Å². The van der Waals surface area contributed by atoms with Crippen molar-refractivity contribution >= 4 is 32.2 Å². The van der Waals surface area contributed by atoms with Crippen molar-refractivity contribution in [1.29, 1.82) is 0 Å². The zero-order chi connectivity index (χ0) is 27.6. The number of nitrogens with one attached hydrogen (secondary N) is 2. The van der Waals surface area contributed by atoms with E-state index in [0.29, 0.717) is 29.5 Å². The largest absolute Gasteiger partial charge is 0.386 e. The van der Waals surface area contributed by atoms with Crippen molar-refractivity contribution in [3.8, 4) is 5.69 Å². The fourth-order valence-corrected chi connectivity index (χ4v) is 6.81. The maximum absolute atomic E-state index is 13.5. The zero-order valence-corrected chi connectivity index (χ0v) is 23.6. The van der Waals surface area contributed by atoms with Crippen LogP contribution in [0.4, 0.5) is 5.13 Å². The average molecular weight is 559 g/mol. The molecule has 0 radical (unpaired) electrons. The Morgan fingerprint density at radius 1 is 1.26 bits per heavy atom. The SMILES string of the molecule is C=C(N[C@H](C)c1ccc(-n2cccn2)cc1)[C@H](O)[C@@H](C)C(=O)N1CCC[C@@H]1c1nc(NC)sc1S(C)(=O)=O. The number of anilines is 1. The van der Waals surface area contributed by atoms with E-state index in [1.165, 1.54) is 0 Å². The smallest absolute Gasteiger partial charge is 0.228 e. The predicted octanol–water partition coefficient (Wildman–Crippen LogP) is 3.30. The molecule has 0 spiro atoms. The number of nitrogens with zero attached hydrogens (tertiary/aromatic N) is 4. The molecule has 4 atom stereocenters. The summed E-state index contributed by atoms with van der Waals surface area (Å²) in [7, 11) is -1.84. The summed E-state index contributed by atoms with van der Waals surface area (Å²) in [5.74, 6) is -1.05. The number of carbonyl (C=O) groups is 1. The highest BCUT2D eigenvalue weighted by Crippen LogP contribution is 2.40. The second-order valence-corrected chi connectivity index (χ2v) is 12.8. The third kappa shape index (κ3) is 5.77. The van der Waals surface area contributed by atoms with Crippen LogP contribution in [-0.2, 0) is 14.6 Å². The molecule has 38 heavy (non-hydrogen) atoms. The molecule has 2 aromatic heterocycles. The number of amides is 1. The van der Waals surface area contributed by atoms with Crippen LogP contribution in [0.3, 0.4) is 0 Å². The first-order valence-corrected chi connectivity index (χ1v) is 15.1. The molecule has 0 aliphatic carbocycles. The second-order valence-electron chi connectivity index (χ2n) is 9.57. The van der Waals surface area contributed by atoms with Crippen molar-refractivity contribution in [2.45, 2.75) is 49.1 Å². The highest BCUT2D eigenvalue weighted by atomic mass is 32.2. The molecule has 3 N–H and O–H groups in total. The Kier molecular flexibility index (Phi) is 8.24. The molecule has 10 nitrogen and oxygen atoms in total. The molecule has 12 heteroatoms. The second kappa shape index (κ2) is 11.3. The number of aliphatic hydroxyl groups is 1. The Hall–Kier alpha value is -3.22. The van der Waals surface area contributed by atoms with Gasteiger partial charge in [0, 0.05) is 44.0 Å². The lowest BCUT2D eigenvalue weighted by atomic mass is 9.98. The molecule has 3 heterocycles. The number of benzene rings is 1. The van der Waals surface area contributed by atoms with Crippen LogP contribution in [-0.4, -0.2) is 65.0 Å². The molecule has 1 aliphatic heterocycles. The number of hydrogen-bond acceptors (Lipinski definition) is 9. The van der Waals surface area contributed by atoms with E-state index in [1.54, 1.807) is 29.7 Å². The number of rotatable bonds is 10. The van der Waals surface area contributed by atoms with Gasteiger partial charge in [-0.05, 0) is 43.5 Å². The fourth-order valence-electron chi connectivity index (χ4n) is 4.70. The lowest BCUT2D eigenvalue weighted by molar-refractivity contribution is -0.139. The van der Waals surface area contributed by atoms with Gasteiger partial charge in [-0.1, -0.05) is 37.0 Å². The van der Waals surface area contributed by atoms with E-state index in [4.69, 9.17) is 0 Å². The summed E-state index contributed by atoms with van der Waals surface area (Å²) in [5, 5.41) is 21.9. The molecule has 1 aliphatic rings. The Labute approximate surface area is 227 Å². The van der Waals surface area contributed by atoms with E-state index < -0.39 is 27.9 Å². The molecular weight excluding hydrogens is 524 g/mol. The summed E-state index contributed by atoms with van der Waals surface area (Å²) in [5.41, 5.74) is 2.65. The Morgan fingerprint density at radius 2 is 1.97 bits per heavy atom. The number of carbonyl (C=O) groups excluding carboxylic acids is 1. The van der Waals surface area contributed by atoms with Gasteiger partial charge in [-0.2, -0.15) is 5.10 Å². The first-order chi connectivity index (χ1) is 18.0. The van der Waals surface area contributed by atoms with Crippen LogP contribution < -0.4 is 10.6 Å². The van der Waals surface area contributed by atoms with E-state index in [9.17, 15) is 18.3 Å². The summed E-state index contributed by atoms with van der Waals surface area (Å²) < 4.78 is 26.8. The summed E-state index contributed by atoms with van der Waals surface area (Å²) in [6.45, 7) is 8.09. The number of likely N-dealkylation sites (tertiary alicyclic amines) is 1. The number of thiazole rings is 1. The first kappa shape index (κ1) is 27.8. The normalized spacial score (nSPS) is 18.1. The van der Waals surface area contributed by atoms with E-state index in [0.717, 1.165) is 35.3 Å². The first-order valence-electron chi connectivity index (χ1n) is 12.4. The van der Waals surface area contributed by atoms with E-state index in [1.807, 2.05) is 43.5 Å². The van der Waals surface area contributed by atoms with Crippen molar-refractivity contribution in [1.82, 2.24) is 25.0 Å². The molecular formula is C26H34N6O4S2. The van der Waals surface area contributed by atoms with Crippen LogP contribution in [0.5, 0.6) is 0 Å². The van der Waals surface area contributed by atoms with Crippen LogP contribution in [0, 0.1) is 5.92 Å². The minimum absolute atomic E-state index is 0.155. The van der Waals surface area contributed by atoms with Crippen molar-refractivity contribution in [2.75, 3.05) is 25.2 Å². The van der Waals surface area contributed by atoms with Gasteiger partial charge < -0.3 is 20.6 Å². The number of hydrogen-bond donors (Lipinski definition) is 3. The van der Waals surface area contributed by atoms with Crippen molar-refractivity contribution in [3.63, 3.8) is 0 Å². The Morgan fingerprint density at radius 3 is 2.58 bits per heavy atom. The molecule has 0 unspecified atom stereocenters. The summed E-state index contributed by atoms with van der Waals surface area (Å²) >= 11 is 1.06. The lowest BCUT2D eigenvalue weighted by Crippen LogP contribution is -2.42. The third-order valence-electron chi connectivity index (χ3n) is 6.81. The average Bonchev–Trinajstić information content (AvgIpc) is 3.67. The highest BCUT2D eigenvalue weighted by Gasteiger charge is 2.39. The third-order valence-corrected chi connectivity index (χ3v) is 9.73. The molecule has 1 amide bonds. The molecule has 0 saturated carbocycles. The van der Waals surface area contributed by atoms with Gasteiger partial charge in [0.2, 0.25) is 5.91 Å². The van der Waals surface area contributed by atoms with Crippen molar-refractivity contribution in [3.05, 3.63) is 66.3 Å². The number of aliphatic hydroxyl groups excluding tert-OH is 1. The lowest BCUT2D eigenvalue weighted by Gasteiger charge is -2.30. The zero-order valence-electron chi connectivity index (χ0n) is 22.0. The van der Waals surface area contributed by atoms with Gasteiger partial charge in [-0.25, -0.2) is 18.1 Å². The predicted molar refractivity (Wildman–Crippen MR) is 148 cm³/mol. The molecule has 3 aromatic rings. The van der Waals surface area contributed by atoms with Gasteiger partial charge in [0.05, 0.1) is 23.3 Å². The van der Waals surface area contributed by atoms with Crippen LogP contribution >= 0.6 is 11.3 Å². The van der Waals surface area contributed by atoms with Gasteiger partial charge >= 0.3 is 0 Å². The standard InChI is InChI=1S/C26H34N6O4S2/c1-16(23(33)18(3)29-17(2)19-9-11-20(12-10-19)32-15-7-13-28-32)24(34)31-14-6-8-21(31)22-25(38(5,35)36)37-26(27-4)30-22/h7,9-13,15-17,21,23,29,33H,3,6,8,14H2,1-2,4-5H3,(H,27,30)/t16-,17-,21-,23-/m1/s1. The minimum Gasteiger partial charge on any atom is -0.386 e. The quantitative estimate of drug-likeness (QED) is 0.346. The van der Waals surface area contributed by atoms with Gasteiger partial charge in [0.25, 0.3) is 0 Å². The maximum atomic E-state index is 13.5. The minimum atomic E-state index is -3.52. The number of sulfone groups is 1. The van der Waals surface area contributed by atoms with Crippen molar-refractivity contribution in [2.24, 2.45) is 5.92 Å². The summed E-state index contributed by atoms with van der Waals surface area (Å²) in [6.07, 6.45) is 4.94. The highest BCUT2D eigenvalue weighted by molar-refractivity contribution is 7.92. The van der Waals surface area contributed by atoms with Crippen LogP contribution in [0.25, 0.3) is 5.69 Å². The Balaban J connectivity index is 1.44. The van der Waals surface area contributed by atoms with Crippen LogP contribution in [0.2, 0.25) is 0 Å². The monoisotopic (exact) mass is 558 g/mol. The van der Waals surface area contributed by atoms with Crippen LogP contribution in [0.15, 0.2) is 59.2 Å². The molecule has 4 rings (SSSR count). The fraction of sp³-hybridized carbons (Fsp3) is 0.423. The molecule has 1 aromatic carbocycles. The maximum Gasteiger partial charge on any atom is 0.228 e. The van der Waals surface area contributed by atoms with E-state index in [-0.39, 0.29) is 16.2 Å². The summed E-state index contributed by atoms with van der Waals surface area (Å²) in [6, 6.07) is 9.11. The Bertz CT molecular complexity index is 1390. The van der Waals surface area contributed by atoms with Gasteiger partial charge in [-0.15, -0.1) is 0 Å². The van der Waals surface area contributed by atoms with Gasteiger partial charge in [0.15, 0.2) is 15.0 Å². The van der Waals surface area contributed by atoms with Crippen LogP contribution in [0.1, 0.15) is 50.0 Å². The molecule has 204 valence electrons.